The van der Waals surface area contributed by atoms with Crippen molar-refractivity contribution in [2.45, 2.75) is 18.9 Å². The maximum Gasteiger partial charge on any atom is 0.321 e. The summed E-state index contributed by atoms with van der Waals surface area (Å²) in [4.78, 5) is 20.6. The number of rotatable bonds is 6. The molecule has 0 aliphatic heterocycles. The predicted octanol–water partition coefficient (Wildman–Crippen LogP) is -0.582. The fourth-order valence-corrected chi connectivity index (χ4v) is 0.724. The summed E-state index contributed by atoms with van der Waals surface area (Å²) in [5.41, 5.74) is 0. The zero-order valence-corrected chi connectivity index (χ0v) is 6.86. The van der Waals surface area contributed by atoms with Crippen LogP contribution in [0.3, 0.4) is 0 Å². The molecule has 0 fully saturated rings. The Morgan fingerprint density at radius 3 is 2.46 bits per heavy atom. The lowest BCUT2D eigenvalue weighted by Gasteiger charge is -2.09. The molecule has 0 saturated heterocycles. The molecule has 0 heterocycles. The van der Waals surface area contributed by atoms with E-state index in [9.17, 15) is 9.59 Å². The predicted molar refractivity (Wildman–Crippen MR) is 41.9 cm³/mol. The van der Waals surface area contributed by atoms with E-state index in [1.165, 1.54) is 0 Å². The fourth-order valence-electron chi connectivity index (χ4n) is 0.724. The summed E-state index contributed by atoms with van der Waals surface area (Å²) in [5, 5.41) is 27.4. The molecule has 1 atom stereocenters. The van der Waals surface area contributed by atoms with Crippen LogP contribution in [0.25, 0.3) is 0 Å². The molecule has 0 aliphatic rings. The summed E-state index contributed by atoms with van der Waals surface area (Å²) in [7, 11) is 0. The third kappa shape index (κ3) is 5.64. The number of aliphatic carboxylic acids is 2. The van der Waals surface area contributed by atoms with Crippen molar-refractivity contribution >= 4 is 11.9 Å². The molecular weight excluding hydrogens is 176 g/mol. The van der Waals surface area contributed by atoms with Crippen LogP contribution >= 0.6 is 0 Å². The monoisotopic (exact) mass is 186 g/mol. The number of hydrogen-bond acceptors (Lipinski definition) is 4. The van der Waals surface area contributed by atoms with Crippen molar-refractivity contribution in [1.82, 2.24) is 5.32 Å². The number of nitrogens with zero attached hydrogens (tertiary/aromatic N) is 1. The minimum atomic E-state index is -1.22. The van der Waals surface area contributed by atoms with Crippen LogP contribution in [0.4, 0.5) is 0 Å². The molecule has 6 heteroatoms. The zero-order valence-electron chi connectivity index (χ0n) is 6.86. The van der Waals surface area contributed by atoms with E-state index < -0.39 is 24.4 Å². The van der Waals surface area contributed by atoms with Crippen molar-refractivity contribution in [2.24, 2.45) is 0 Å². The third-order valence-corrected chi connectivity index (χ3v) is 1.30. The second-order valence-corrected chi connectivity index (χ2v) is 2.35. The molecule has 0 aliphatic carbocycles. The summed E-state index contributed by atoms with van der Waals surface area (Å²) in [6.07, 6.45) is -0.329. The maximum absolute atomic E-state index is 10.4. The number of nitriles is 1. The smallest absolute Gasteiger partial charge is 0.321 e. The van der Waals surface area contributed by atoms with Gasteiger partial charge in [0.1, 0.15) is 6.04 Å². The minimum absolute atomic E-state index is 0.156. The Hall–Kier alpha value is -1.61. The topological polar surface area (TPSA) is 110 Å². The van der Waals surface area contributed by atoms with Crippen LogP contribution in [-0.4, -0.2) is 34.7 Å². The number of carbonyl (C=O) groups is 2. The molecule has 0 rings (SSSR count). The summed E-state index contributed by atoms with van der Waals surface area (Å²) in [6.45, 7) is 0.181. The zero-order chi connectivity index (χ0) is 10.3. The molecule has 0 aromatic heterocycles. The largest absolute Gasteiger partial charge is 0.481 e. The normalized spacial score (nSPS) is 11.6. The highest BCUT2D eigenvalue weighted by Crippen LogP contribution is 1.92. The second-order valence-electron chi connectivity index (χ2n) is 2.35. The molecule has 72 valence electrons. The molecule has 0 saturated carbocycles. The van der Waals surface area contributed by atoms with Gasteiger partial charge in [-0.2, -0.15) is 5.26 Å². The Morgan fingerprint density at radius 2 is 2.08 bits per heavy atom. The Balaban J connectivity index is 3.89. The van der Waals surface area contributed by atoms with Crippen molar-refractivity contribution in [1.29, 1.82) is 5.26 Å². The number of nitrogens with one attached hydrogen (secondary N) is 1. The van der Waals surface area contributed by atoms with Crippen molar-refractivity contribution < 1.29 is 19.8 Å². The Kier molecular flexibility index (Phi) is 5.23. The standard InChI is InChI=1S/C7H10N2O4/c8-2-1-3-9-5(7(12)13)4-6(10)11/h5,9H,1,3-4H2,(H,10,11)(H,12,13). The summed E-state index contributed by atoms with van der Waals surface area (Å²) in [6, 6.07) is 0.693. The molecule has 13 heavy (non-hydrogen) atoms. The van der Waals surface area contributed by atoms with E-state index in [1.807, 2.05) is 6.07 Å². The van der Waals surface area contributed by atoms with Crippen molar-refractivity contribution in [2.75, 3.05) is 6.54 Å². The van der Waals surface area contributed by atoms with E-state index in [0.29, 0.717) is 0 Å². The molecule has 1 unspecified atom stereocenters. The van der Waals surface area contributed by atoms with Gasteiger partial charge >= 0.3 is 11.9 Å². The first-order chi connectivity index (χ1) is 6.07. The average molecular weight is 186 g/mol. The Morgan fingerprint density at radius 1 is 1.46 bits per heavy atom. The van der Waals surface area contributed by atoms with Crippen LogP contribution < -0.4 is 5.32 Å². The van der Waals surface area contributed by atoms with Gasteiger partial charge in [0.15, 0.2) is 0 Å². The van der Waals surface area contributed by atoms with Crippen molar-refractivity contribution in [3.63, 3.8) is 0 Å². The summed E-state index contributed by atoms with van der Waals surface area (Å²) in [5.74, 6) is -2.41. The van der Waals surface area contributed by atoms with Crippen LogP contribution in [0.15, 0.2) is 0 Å². The van der Waals surface area contributed by atoms with Gasteiger partial charge in [-0.15, -0.1) is 0 Å². The molecule has 3 N–H and O–H groups in total. The molecule has 0 radical (unpaired) electrons. The van der Waals surface area contributed by atoms with Crippen LogP contribution in [0, 0.1) is 11.3 Å². The third-order valence-electron chi connectivity index (χ3n) is 1.30. The van der Waals surface area contributed by atoms with Gasteiger partial charge in [-0.3, -0.25) is 9.59 Å². The SMILES string of the molecule is N#CCCNC(CC(=O)O)C(=O)O. The molecule has 0 spiro atoms. The molecular formula is C7H10N2O4. The highest BCUT2D eigenvalue weighted by molar-refractivity contribution is 5.80. The van der Waals surface area contributed by atoms with Gasteiger partial charge in [0, 0.05) is 13.0 Å². The first kappa shape index (κ1) is 11.4. The van der Waals surface area contributed by atoms with E-state index in [4.69, 9.17) is 15.5 Å². The van der Waals surface area contributed by atoms with E-state index >= 15 is 0 Å². The molecule has 0 amide bonds. The second kappa shape index (κ2) is 5.97. The number of carboxylic acid groups (broad SMARTS) is 2. The van der Waals surface area contributed by atoms with E-state index in [2.05, 4.69) is 5.32 Å². The summed E-state index contributed by atoms with van der Waals surface area (Å²) >= 11 is 0. The highest BCUT2D eigenvalue weighted by Gasteiger charge is 2.19. The van der Waals surface area contributed by atoms with Gasteiger partial charge in [-0.05, 0) is 0 Å². The van der Waals surface area contributed by atoms with Crippen LogP contribution in [0.1, 0.15) is 12.8 Å². The van der Waals surface area contributed by atoms with Crippen LogP contribution in [0.5, 0.6) is 0 Å². The van der Waals surface area contributed by atoms with Gasteiger partial charge in [0.2, 0.25) is 0 Å². The van der Waals surface area contributed by atoms with Crippen LogP contribution in [0.2, 0.25) is 0 Å². The van der Waals surface area contributed by atoms with Gasteiger partial charge < -0.3 is 15.5 Å². The van der Waals surface area contributed by atoms with E-state index in [0.717, 1.165) is 0 Å². The number of carboxylic acids is 2. The van der Waals surface area contributed by atoms with Gasteiger partial charge in [0.25, 0.3) is 0 Å². The van der Waals surface area contributed by atoms with E-state index in [-0.39, 0.29) is 13.0 Å². The molecule has 0 aromatic carbocycles. The lowest BCUT2D eigenvalue weighted by molar-refractivity contribution is -0.145. The molecule has 6 nitrogen and oxygen atoms in total. The van der Waals surface area contributed by atoms with E-state index in [1.54, 1.807) is 0 Å². The van der Waals surface area contributed by atoms with Gasteiger partial charge in [-0.25, -0.2) is 0 Å². The molecule has 0 aromatic rings. The van der Waals surface area contributed by atoms with Gasteiger partial charge in [-0.1, -0.05) is 0 Å². The van der Waals surface area contributed by atoms with Crippen molar-refractivity contribution in [3.8, 4) is 6.07 Å². The first-order valence-corrected chi connectivity index (χ1v) is 3.63. The average Bonchev–Trinajstić information content (AvgIpc) is 2.02. The Bertz CT molecular complexity index is 233. The first-order valence-electron chi connectivity index (χ1n) is 3.63. The van der Waals surface area contributed by atoms with Crippen LogP contribution in [-0.2, 0) is 9.59 Å². The van der Waals surface area contributed by atoms with Gasteiger partial charge in [0.05, 0.1) is 12.5 Å². The Labute approximate surface area is 74.8 Å². The van der Waals surface area contributed by atoms with Crippen molar-refractivity contribution in [3.05, 3.63) is 0 Å². The highest BCUT2D eigenvalue weighted by atomic mass is 16.4. The fraction of sp³-hybridized carbons (Fsp3) is 0.571. The summed E-state index contributed by atoms with van der Waals surface area (Å²) < 4.78 is 0. The maximum atomic E-state index is 10.4. The number of hydrogen-bond donors (Lipinski definition) is 3. The molecule has 0 bridgehead atoms. The minimum Gasteiger partial charge on any atom is -0.481 e. The quantitative estimate of drug-likeness (QED) is 0.478. The lowest BCUT2D eigenvalue weighted by Crippen LogP contribution is -2.38. The lowest BCUT2D eigenvalue weighted by atomic mass is 10.2.